The molecule has 7 nitrogen and oxygen atoms in total. The lowest BCUT2D eigenvalue weighted by atomic mass is 10.0. The molecule has 3 amide bonds. The predicted molar refractivity (Wildman–Crippen MR) is 125 cm³/mol. The van der Waals surface area contributed by atoms with E-state index in [1.54, 1.807) is 42.5 Å². The molecule has 0 aromatic heterocycles. The molecule has 0 spiro atoms. The van der Waals surface area contributed by atoms with E-state index in [0.717, 1.165) is 5.56 Å². The third kappa shape index (κ3) is 5.36. The number of imide groups is 1. The highest BCUT2D eigenvalue weighted by Crippen LogP contribution is 2.32. The van der Waals surface area contributed by atoms with Gasteiger partial charge in [0.15, 0.2) is 0 Å². The predicted octanol–water partition coefficient (Wildman–Crippen LogP) is 4.22. The average Bonchev–Trinajstić information content (AvgIpc) is 2.94. The number of amides is 3. The van der Waals surface area contributed by atoms with Crippen LogP contribution in [0.2, 0.25) is 5.02 Å². The zero-order valence-electron chi connectivity index (χ0n) is 18.5. The minimum absolute atomic E-state index is 0.00845. The number of aryl methyl sites for hydroxylation is 1. The quantitative estimate of drug-likeness (QED) is 0.582. The second-order valence-electron chi connectivity index (χ2n) is 7.77. The first-order chi connectivity index (χ1) is 15.2. The van der Waals surface area contributed by atoms with Crippen molar-refractivity contribution in [3.63, 3.8) is 0 Å². The van der Waals surface area contributed by atoms with Gasteiger partial charge in [-0.05, 0) is 62.2 Å². The summed E-state index contributed by atoms with van der Waals surface area (Å²) < 4.78 is 5.54. The fourth-order valence-electron chi connectivity index (χ4n) is 3.37. The molecule has 32 heavy (non-hydrogen) atoms. The minimum atomic E-state index is -0.419. The van der Waals surface area contributed by atoms with Gasteiger partial charge in [0.25, 0.3) is 11.8 Å². The lowest BCUT2D eigenvalue weighted by Gasteiger charge is -2.16. The molecule has 1 aliphatic heterocycles. The van der Waals surface area contributed by atoms with Crippen LogP contribution in [-0.2, 0) is 19.1 Å². The van der Waals surface area contributed by atoms with Crippen LogP contribution in [0.25, 0.3) is 5.57 Å². The molecule has 0 fully saturated rings. The molecule has 8 heteroatoms. The Balaban J connectivity index is 1.98. The Morgan fingerprint density at radius 3 is 2.38 bits per heavy atom. The largest absolute Gasteiger partial charge is 0.377 e. The number of hydrogen-bond acceptors (Lipinski definition) is 5. The standard InChI is InChI=1S/C24H26ClN3O4/c1-14(2)32-12-11-28-23(30)21(17-5-8-19(9-6-17)26-16(4)29)22(24(28)31)27-20-10-7-18(25)13-15(20)3/h5-10,13-14,27H,11-12H2,1-4H3,(H,26,29). The van der Waals surface area contributed by atoms with Crippen LogP contribution in [0.1, 0.15) is 31.9 Å². The van der Waals surface area contributed by atoms with Crippen LogP contribution in [0.15, 0.2) is 48.2 Å². The molecule has 2 N–H and O–H groups in total. The number of nitrogens with one attached hydrogen (secondary N) is 2. The maximum absolute atomic E-state index is 13.3. The summed E-state index contributed by atoms with van der Waals surface area (Å²) in [7, 11) is 0. The molecule has 1 heterocycles. The van der Waals surface area contributed by atoms with Crippen LogP contribution in [0.5, 0.6) is 0 Å². The van der Waals surface area contributed by atoms with Gasteiger partial charge in [0, 0.05) is 23.3 Å². The number of hydrogen-bond donors (Lipinski definition) is 2. The van der Waals surface area contributed by atoms with Gasteiger partial charge in [-0.15, -0.1) is 0 Å². The molecule has 0 aliphatic carbocycles. The van der Waals surface area contributed by atoms with Crippen LogP contribution in [0, 0.1) is 6.92 Å². The normalized spacial score (nSPS) is 13.9. The average molecular weight is 456 g/mol. The van der Waals surface area contributed by atoms with Crippen LogP contribution in [0.4, 0.5) is 11.4 Å². The Morgan fingerprint density at radius 1 is 1.09 bits per heavy atom. The Bertz CT molecular complexity index is 1080. The van der Waals surface area contributed by atoms with E-state index >= 15 is 0 Å². The fraction of sp³-hybridized carbons (Fsp3) is 0.292. The van der Waals surface area contributed by atoms with Gasteiger partial charge in [0.2, 0.25) is 5.91 Å². The maximum atomic E-state index is 13.3. The summed E-state index contributed by atoms with van der Waals surface area (Å²) in [6, 6.07) is 12.1. The summed E-state index contributed by atoms with van der Waals surface area (Å²) >= 11 is 6.05. The molecular formula is C24H26ClN3O4. The SMILES string of the molecule is CC(=O)Nc1ccc(C2=C(Nc3ccc(Cl)cc3C)C(=O)N(CCOC(C)C)C2=O)cc1. The molecular weight excluding hydrogens is 430 g/mol. The van der Waals surface area contributed by atoms with Crippen molar-refractivity contribution < 1.29 is 19.1 Å². The van der Waals surface area contributed by atoms with Gasteiger partial charge in [-0.1, -0.05) is 23.7 Å². The van der Waals surface area contributed by atoms with Crippen LogP contribution >= 0.6 is 11.6 Å². The maximum Gasteiger partial charge on any atom is 0.278 e. The molecule has 0 saturated carbocycles. The zero-order valence-corrected chi connectivity index (χ0v) is 19.2. The van der Waals surface area contributed by atoms with E-state index < -0.39 is 11.8 Å². The van der Waals surface area contributed by atoms with Gasteiger partial charge in [-0.2, -0.15) is 0 Å². The highest BCUT2D eigenvalue weighted by Gasteiger charge is 2.39. The number of carbonyl (C=O) groups excluding carboxylic acids is 3. The summed E-state index contributed by atoms with van der Waals surface area (Å²) in [5.74, 6) is -1.01. The van der Waals surface area contributed by atoms with E-state index in [1.165, 1.54) is 11.8 Å². The zero-order chi connectivity index (χ0) is 23.4. The van der Waals surface area contributed by atoms with Crippen molar-refractivity contribution in [1.82, 2.24) is 4.90 Å². The number of rotatable bonds is 8. The van der Waals surface area contributed by atoms with Gasteiger partial charge in [0.1, 0.15) is 5.70 Å². The monoisotopic (exact) mass is 455 g/mol. The Hall–Kier alpha value is -3.16. The molecule has 0 atom stereocenters. The van der Waals surface area contributed by atoms with Crippen LogP contribution in [0.3, 0.4) is 0 Å². The third-order valence-electron chi connectivity index (χ3n) is 4.88. The summed E-state index contributed by atoms with van der Waals surface area (Å²) in [6.45, 7) is 7.47. The number of benzene rings is 2. The van der Waals surface area contributed by atoms with E-state index in [2.05, 4.69) is 10.6 Å². The fourth-order valence-corrected chi connectivity index (χ4v) is 3.59. The van der Waals surface area contributed by atoms with E-state index in [-0.39, 0.29) is 36.4 Å². The molecule has 2 aromatic carbocycles. The Morgan fingerprint density at radius 2 is 1.78 bits per heavy atom. The van der Waals surface area contributed by atoms with Gasteiger partial charge < -0.3 is 15.4 Å². The van der Waals surface area contributed by atoms with Crippen molar-refractivity contribution in [2.45, 2.75) is 33.8 Å². The highest BCUT2D eigenvalue weighted by molar-refractivity contribution is 6.36. The molecule has 168 valence electrons. The number of anilines is 2. The molecule has 0 unspecified atom stereocenters. The lowest BCUT2D eigenvalue weighted by molar-refractivity contribution is -0.138. The first kappa shape index (κ1) is 23.5. The second-order valence-corrected chi connectivity index (χ2v) is 8.21. The van der Waals surface area contributed by atoms with Gasteiger partial charge >= 0.3 is 0 Å². The summed E-state index contributed by atoms with van der Waals surface area (Å²) in [4.78, 5) is 39.0. The number of carbonyl (C=O) groups is 3. The van der Waals surface area contributed by atoms with Gasteiger partial charge in [-0.3, -0.25) is 19.3 Å². The van der Waals surface area contributed by atoms with Gasteiger partial charge in [-0.25, -0.2) is 0 Å². The Kier molecular flexibility index (Phi) is 7.33. The lowest BCUT2D eigenvalue weighted by Crippen LogP contribution is -2.35. The molecule has 1 aliphatic rings. The summed E-state index contributed by atoms with van der Waals surface area (Å²) in [5.41, 5.74) is 3.15. The second kappa shape index (κ2) is 9.97. The van der Waals surface area contributed by atoms with Crippen LogP contribution < -0.4 is 10.6 Å². The number of ether oxygens (including phenoxy) is 1. The molecule has 2 aromatic rings. The van der Waals surface area contributed by atoms with E-state index in [9.17, 15) is 14.4 Å². The van der Waals surface area contributed by atoms with Crippen molar-refractivity contribution in [3.05, 3.63) is 64.3 Å². The number of nitrogens with zero attached hydrogens (tertiary/aromatic N) is 1. The summed E-state index contributed by atoms with van der Waals surface area (Å²) in [5, 5.41) is 6.41. The van der Waals surface area contributed by atoms with E-state index in [4.69, 9.17) is 16.3 Å². The highest BCUT2D eigenvalue weighted by atomic mass is 35.5. The first-order valence-electron chi connectivity index (χ1n) is 10.3. The first-order valence-corrected chi connectivity index (χ1v) is 10.7. The van der Waals surface area contributed by atoms with Crippen molar-refractivity contribution in [3.8, 4) is 0 Å². The van der Waals surface area contributed by atoms with Crippen LogP contribution in [-0.4, -0.2) is 41.9 Å². The number of halogens is 1. The molecule has 0 bridgehead atoms. The van der Waals surface area contributed by atoms with E-state index in [1.807, 2.05) is 20.8 Å². The van der Waals surface area contributed by atoms with Crippen molar-refractivity contribution in [1.29, 1.82) is 0 Å². The van der Waals surface area contributed by atoms with E-state index in [0.29, 0.717) is 22.0 Å². The topological polar surface area (TPSA) is 87.7 Å². The molecule has 0 saturated heterocycles. The summed E-state index contributed by atoms with van der Waals surface area (Å²) in [6.07, 6.45) is -0.00845. The minimum Gasteiger partial charge on any atom is -0.377 e. The Labute approximate surface area is 192 Å². The third-order valence-corrected chi connectivity index (χ3v) is 5.11. The smallest absolute Gasteiger partial charge is 0.278 e. The van der Waals surface area contributed by atoms with Crippen molar-refractivity contribution >= 4 is 46.3 Å². The van der Waals surface area contributed by atoms with Crippen molar-refractivity contribution in [2.75, 3.05) is 23.8 Å². The molecule has 3 rings (SSSR count). The van der Waals surface area contributed by atoms with Gasteiger partial charge in [0.05, 0.1) is 24.8 Å². The molecule has 0 radical (unpaired) electrons. The van der Waals surface area contributed by atoms with Crippen molar-refractivity contribution in [2.24, 2.45) is 0 Å².